The van der Waals surface area contributed by atoms with Crippen molar-refractivity contribution in [2.24, 2.45) is 10.2 Å². The number of aromatic hydroxyl groups is 2. The second-order valence-electron chi connectivity index (χ2n) is 6.00. The van der Waals surface area contributed by atoms with Crippen LogP contribution in [0.25, 0.3) is 0 Å². The number of amides is 2. The van der Waals surface area contributed by atoms with Gasteiger partial charge in [0.25, 0.3) is 0 Å². The molecule has 0 fully saturated rings. The highest BCUT2D eigenvalue weighted by Gasteiger charge is 2.08. The minimum atomic E-state index is -0.439. The van der Waals surface area contributed by atoms with Crippen LogP contribution in [-0.2, 0) is 9.59 Å². The van der Waals surface area contributed by atoms with Crippen LogP contribution in [0, 0.1) is 0 Å². The first-order valence-corrected chi connectivity index (χ1v) is 8.61. The number of hydrogen-bond acceptors (Lipinski definition) is 6. The lowest BCUT2D eigenvalue weighted by molar-refractivity contribution is -0.126. The van der Waals surface area contributed by atoms with E-state index in [2.05, 4.69) is 21.1 Å². The number of nitrogens with zero attached hydrogens (tertiary/aromatic N) is 2. The standard InChI is InChI=1S/C20H22N4O4/c1-13(15-7-3-5-9-17(15)25)21-23-19(27)11-12-20(28)24-22-14(2)16-8-4-6-10-18(16)26/h3-10,25-26H,11-12H2,1-2H3,(H,23,27)(H,24,28). The minimum Gasteiger partial charge on any atom is -0.507 e. The Morgan fingerprint density at radius 2 is 1.11 bits per heavy atom. The van der Waals surface area contributed by atoms with E-state index in [0.29, 0.717) is 22.6 Å². The first-order chi connectivity index (χ1) is 13.4. The topological polar surface area (TPSA) is 123 Å². The quantitative estimate of drug-likeness (QED) is 0.433. The molecule has 0 spiro atoms. The summed E-state index contributed by atoms with van der Waals surface area (Å²) in [6.45, 7) is 3.30. The molecule has 0 aliphatic heterocycles. The van der Waals surface area contributed by atoms with Gasteiger partial charge in [-0.25, -0.2) is 10.9 Å². The van der Waals surface area contributed by atoms with Crippen molar-refractivity contribution in [3.8, 4) is 11.5 Å². The molecule has 0 saturated heterocycles. The van der Waals surface area contributed by atoms with Gasteiger partial charge in [-0.3, -0.25) is 9.59 Å². The Labute approximate surface area is 162 Å². The summed E-state index contributed by atoms with van der Waals surface area (Å²) >= 11 is 0. The predicted molar refractivity (Wildman–Crippen MR) is 106 cm³/mol. The molecule has 2 rings (SSSR count). The number of hydrazone groups is 2. The Kier molecular flexibility index (Phi) is 7.27. The van der Waals surface area contributed by atoms with Crippen LogP contribution in [0.1, 0.15) is 37.8 Å². The molecular formula is C20H22N4O4. The van der Waals surface area contributed by atoms with Gasteiger partial charge in [-0.05, 0) is 38.1 Å². The maximum Gasteiger partial charge on any atom is 0.240 e. The van der Waals surface area contributed by atoms with Gasteiger partial charge >= 0.3 is 0 Å². The van der Waals surface area contributed by atoms with Crippen LogP contribution in [0.15, 0.2) is 58.7 Å². The van der Waals surface area contributed by atoms with Crippen LogP contribution in [0.3, 0.4) is 0 Å². The largest absolute Gasteiger partial charge is 0.507 e. The monoisotopic (exact) mass is 382 g/mol. The molecule has 28 heavy (non-hydrogen) atoms. The number of carbonyl (C=O) groups is 2. The fraction of sp³-hybridized carbons (Fsp3) is 0.200. The van der Waals surface area contributed by atoms with E-state index >= 15 is 0 Å². The highest BCUT2D eigenvalue weighted by molar-refractivity contribution is 6.02. The zero-order chi connectivity index (χ0) is 20.5. The molecule has 0 aromatic heterocycles. The van der Waals surface area contributed by atoms with Gasteiger partial charge in [0.15, 0.2) is 0 Å². The van der Waals surface area contributed by atoms with E-state index in [1.807, 2.05) is 0 Å². The number of phenolic OH excluding ortho intramolecular Hbond substituents is 2. The summed E-state index contributed by atoms with van der Waals surface area (Å²) in [4.78, 5) is 23.7. The molecule has 0 saturated carbocycles. The van der Waals surface area contributed by atoms with Gasteiger partial charge in [-0.15, -0.1) is 0 Å². The van der Waals surface area contributed by atoms with Gasteiger partial charge in [0, 0.05) is 24.0 Å². The lowest BCUT2D eigenvalue weighted by atomic mass is 10.1. The summed E-state index contributed by atoms with van der Waals surface area (Å²) in [6.07, 6.45) is -0.150. The van der Waals surface area contributed by atoms with Gasteiger partial charge in [-0.2, -0.15) is 10.2 Å². The van der Waals surface area contributed by atoms with Gasteiger partial charge in [0.1, 0.15) is 11.5 Å². The number of hydrogen-bond donors (Lipinski definition) is 4. The number of carbonyl (C=O) groups excluding carboxylic acids is 2. The predicted octanol–water partition coefficient (Wildman–Crippen LogP) is 2.26. The van der Waals surface area contributed by atoms with E-state index in [-0.39, 0.29) is 24.3 Å². The molecule has 2 aromatic carbocycles. The van der Waals surface area contributed by atoms with Gasteiger partial charge < -0.3 is 10.2 Å². The number of benzene rings is 2. The Balaban J connectivity index is 1.82. The Morgan fingerprint density at radius 3 is 1.46 bits per heavy atom. The van der Waals surface area contributed by atoms with Crippen LogP contribution in [0.4, 0.5) is 0 Å². The van der Waals surface area contributed by atoms with Crippen molar-refractivity contribution in [3.63, 3.8) is 0 Å². The third-order valence-electron chi connectivity index (χ3n) is 3.86. The molecule has 0 atom stereocenters. The fourth-order valence-electron chi connectivity index (χ4n) is 2.31. The average molecular weight is 382 g/mol. The van der Waals surface area contributed by atoms with Crippen molar-refractivity contribution in [2.45, 2.75) is 26.7 Å². The lowest BCUT2D eigenvalue weighted by Crippen LogP contribution is -2.24. The third-order valence-corrected chi connectivity index (χ3v) is 3.86. The van der Waals surface area contributed by atoms with E-state index in [1.165, 1.54) is 12.1 Å². The van der Waals surface area contributed by atoms with E-state index in [0.717, 1.165) is 0 Å². The van der Waals surface area contributed by atoms with Gasteiger partial charge in [0.2, 0.25) is 11.8 Å². The molecule has 2 aromatic rings. The second kappa shape index (κ2) is 9.86. The molecule has 0 bridgehead atoms. The number of rotatable bonds is 7. The summed E-state index contributed by atoms with van der Waals surface area (Å²) in [5, 5.41) is 27.4. The maximum absolute atomic E-state index is 11.8. The molecule has 0 unspecified atom stereocenters. The summed E-state index contributed by atoms with van der Waals surface area (Å²) in [5.74, 6) is -0.747. The molecular weight excluding hydrogens is 360 g/mol. The van der Waals surface area contributed by atoms with E-state index in [9.17, 15) is 19.8 Å². The minimum absolute atomic E-state index is 0.0649. The van der Waals surface area contributed by atoms with Crippen LogP contribution >= 0.6 is 0 Å². The third kappa shape index (κ3) is 5.94. The number of phenols is 2. The SMILES string of the molecule is CC(=NNC(=O)CCC(=O)NN=C(C)c1ccccc1O)c1ccccc1O. The van der Waals surface area contributed by atoms with Gasteiger partial charge in [0.05, 0.1) is 11.4 Å². The molecule has 0 aliphatic carbocycles. The molecule has 8 heteroatoms. The highest BCUT2D eigenvalue weighted by atomic mass is 16.3. The van der Waals surface area contributed by atoms with Crippen LogP contribution in [-0.4, -0.2) is 33.5 Å². The first kappa shape index (κ1) is 20.6. The molecule has 0 heterocycles. The lowest BCUT2D eigenvalue weighted by Gasteiger charge is -2.05. The fourth-order valence-corrected chi connectivity index (χ4v) is 2.31. The highest BCUT2D eigenvalue weighted by Crippen LogP contribution is 2.17. The zero-order valence-electron chi connectivity index (χ0n) is 15.6. The summed E-state index contributed by atoms with van der Waals surface area (Å²) in [5.41, 5.74) is 6.61. The smallest absolute Gasteiger partial charge is 0.240 e. The van der Waals surface area contributed by atoms with Crippen molar-refractivity contribution in [1.82, 2.24) is 10.9 Å². The number of nitrogens with one attached hydrogen (secondary N) is 2. The summed E-state index contributed by atoms with van der Waals surface area (Å²) < 4.78 is 0. The van der Waals surface area contributed by atoms with Crippen LogP contribution < -0.4 is 10.9 Å². The van der Waals surface area contributed by atoms with E-state index in [4.69, 9.17) is 0 Å². The van der Waals surface area contributed by atoms with Crippen molar-refractivity contribution in [3.05, 3.63) is 59.7 Å². The van der Waals surface area contributed by atoms with Gasteiger partial charge in [-0.1, -0.05) is 24.3 Å². The normalized spacial score (nSPS) is 11.8. The van der Waals surface area contributed by atoms with E-state index in [1.54, 1.807) is 50.2 Å². The van der Waals surface area contributed by atoms with Crippen molar-refractivity contribution in [2.75, 3.05) is 0 Å². The molecule has 0 aliphatic rings. The average Bonchev–Trinajstić information content (AvgIpc) is 2.69. The van der Waals surface area contributed by atoms with Crippen LogP contribution in [0.2, 0.25) is 0 Å². The van der Waals surface area contributed by atoms with Crippen molar-refractivity contribution in [1.29, 1.82) is 0 Å². The molecule has 0 radical (unpaired) electrons. The molecule has 146 valence electrons. The van der Waals surface area contributed by atoms with E-state index < -0.39 is 11.8 Å². The Hall–Kier alpha value is -3.68. The maximum atomic E-state index is 11.8. The summed E-state index contributed by atoms with van der Waals surface area (Å²) in [6, 6.07) is 13.3. The van der Waals surface area contributed by atoms with Crippen molar-refractivity contribution >= 4 is 23.2 Å². The van der Waals surface area contributed by atoms with Crippen LogP contribution in [0.5, 0.6) is 11.5 Å². The molecule has 2 amide bonds. The Morgan fingerprint density at radius 1 is 0.750 bits per heavy atom. The second-order valence-corrected chi connectivity index (χ2v) is 6.00. The first-order valence-electron chi connectivity index (χ1n) is 8.61. The van der Waals surface area contributed by atoms with Crippen molar-refractivity contribution < 1.29 is 19.8 Å². The molecule has 4 N–H and O–H groups in total. The zero-order valence-corrected chi connectivity index (χ0v) is 15.6. The number of para-hydroxylation sites is 2. The Bertz CT molecular complexity index is 846. The summed E-state index contributed by atoms with van der Waals surface area (Å²) in [7, 11) is 0. The molecule has 8 nitrogen and oxygen atoms in total.